The van der Waals surface area contributed by atoms with Crippen LogP contribution in [0.5, 0.6) is 17.4 Å². The molecule has 0 spiro atoms. The van der Waals surface area contributed by atoms with Gasteiger partial charge in [0.05, 0.1) is 12.8 Å². The third-order valence-electron chi connectivity index (χ3n) is 4.25. The number of amides is 1. The zero-order valence-electron chi connectivity index (χ0n) is 17.4. The highest BCUT2D eigenvalue weighted by Gasteiger charge is 2.18. The van der Waals surface area contributed by atoms with Crippen molar-refractivity contribution in [3.8, 4) is 17.4 Å². The van der Waals surface area contributed by atoms with Gasteiger partial charge < -0.3 is 19.1 Å². The summed E-state index contributed by atoms with van der Waals surface area (Å²) in [6.45, 7) is 2.49. The fourth-order valence-corrected chi connectivity index (χ4v) is 2.68. The lowest BCUT2D eigenvalue weighted by molar-refractivity contribution is -0.133. The normalized spacial score (nSPS) is 10.3. The Balaban J connectivity index is 1.56. The zero-order chi connectivity index (χ0) is 22.1. The van der Waals surface area contributed by atoms with Gasteiger partial charge in [-0.3, -0.25) is 9.78 Å². The Labute approximate surface area is 180 Å². The monoisotopic (exact) mass is 421 g/mol. The minimum atomic E-state index is -0.699. The van der Waals surface area contributed by atoms with E-state index < -0.39 is 12.6 Å². The van der Waals surface area contributed by atoms with Gasteiger partial charge in [-0.05, 0) is 48.9 Å². The topological polar surface area (TPSA) is 90.8 Å². The molecule has 3 aromatic rings. The molecule has 2 heterocycles. The average molecular weight is 421 g/mol. The number of esters is 1. The van der Waals surface area contributed by atoms with E-state index in [0.29, 0.717) is 18.9 Å². The number of hydrogen-bond donors (Lipinski definition) is 0. The molecule has 8 heteroatoms. The van der Waals surface area contributed by atoms with Crippen LogP contribution in [-0.2, 0) is 16.1 Å². The molecule has 0 saturated carbocycles. The maximum Gasteiger partial charge on any atom is 0.344 e. The van der Waals surface area contributed by atoms with Crippen molar-refractivity contribution in [3.63, 3.8) is 0 Å². The Morgan fingerprint density at radius 1 is 1.00 bits per heavy atom. The number of hydrogen-bond acceptors (Lipinski definition) is 7. The minimum absolute atomic E-state index is 0.0793. The van der Waals surface area contributed by atoms with Gasteiger partial charge in [0.1, 0.15) is 17.1 Å². The highest BCUT2D eigenvalue weighted by Crippen LogP contribution is 2.22. The van der Waals surface area contributed by atoms with Crippen LogP contribution in [0.3, 0.4) is 0 Å². The number of rotatable bonds is 9. The van der Waals surface area contributed by atoms with Crippen molar-refractivity contribution in [2.24, 2.45) is 0 Å². The van der Waals surface area contributed by atoms with Crippen molar-refractivity contribution in [1.82, 2.24) is 14.9 Å². The molecule has 0 atom stereocenters. The van der Waals surface area contributed by atoms with Crippen LogP contribution in [0.15, 0.2) is 67.1 Å². The van der Waals surface area contributed by atoms with Crippen LogP contribution in [-0.4, -0.2) is 47.0 Å². The van der Waals surface area contributed by atoms with E-state index >= 15 is 0 Å². The Hall–Kier alpha value is -3.94. The first-order valence-corrected chi connectivity index (χ1v) is 9.72. The third kappa shape index (κ3) is 6.27. The summed E-state index contributed by atoms with van der Waals surface area (Å²) in [6, 6.07) is 14.0. The van der Waals surface area contributed by atoms with E-state index in [0.717, 1.165) is 11.3 Å². The third-order valence-corrected chi connectivity index (χ3v) is 4.25. The minimum Gasteiger partial charge on any atom is -0.494 e. The summed E-state index contributed by atoms with van der Waals surface area (Å²) < 4.78 is 16.2. The summed E-state index contributed by atoms with van der Waals surface area (Å²) in [6.07, 6.45) is 4.61. The van der Waals surface area contributed by atoms with Crippen LogP contribution in [0.25, 0.3) is 0 Å². The lowest BCUT2D eigenvalue weighted by Gasteiger charge is -2.17. The molecule has 2 aromatic heterocycles. The number of likely N-dealkylation sites (N-methyl/N-ethyl adjacent to an activating group) is 1. The van der Waals surface area contributed by atoms with Gasteiger partial charge >= 0.3 is 5.97 Å². The summed E-state index contributed by atoms with van der Waals surface area (Å²) in [4.78, 5) is 34.4. The van der Waals surface area contributed by atoms with Gasteiger partial charge in [-0.2, -0.15) is 0 Å². The highest BCUT2D eigenvalue weighted by atomic mass is 16.5. The molecule has 0 aliphatic rings. The van der Waals surface area contributed by atoms with Gasteiger partial charge in [0.2, 0.25) is 5.88 Å². The van der Waals surface area contributed by atoms with Crippen molar-refractivity contribution < 1.29 is 23.8 Å². The van der Waals surface area contributed by atoms with E-state index in [9.17, 15) is 9.59 Å². The largest absolute Gasteiger partial charge is 0.494 e. The SMILES string of the molecule is CCOc1ccc(CN(C)C(=O)COC(=O)c2cccnc2Oc2cccnc2)cc1. The molecule has 3 rings (SSSR count). The highest BCUT2D eigenvalue weighted by molar-refractivity contribution is 5.93. The summed E-state index contributed by atoms with van der Waals surface area (Å²) in [7, 11) is 1.65. The van der Waals surface area contributed by atoms with Gasteiger partial charge in [0.15, 0.2) is 6.61 Å². The quantitative estimate of drug-likeness (QED) is 0.489. The van der Waals surface area contributed by atoms with Gasteiger partial charge in [-0.1, -0.05) is 12.1 Å². The van der Waals surface area contributed by atoms with Crippen molar-refractivity contribution in [1.29, 1.82) is 0 Å². The Bertz CT molecular complexity index is 1010. The van der Waals surface area contributed by atoms with Crippen LogP contribution in [0.1, 0.15) is 22.8 Å². The molecule has 0 fully saturated rings. The molecule has 0 saturated heterocycles. The number of ether oxygens (including phenoxy) is 3. The van der Waals surface area contributed by atoms with E-state index in [1.54, 1.807) is 31.4 Å². The Morgan fingerprint density at radius 2 is 1.77 bits per heavy atom. The number of benzene rings is 1. The van der Waals surface area contributed by atoms with Crippen molar-refractivity contribution >= 4 is 11.9 Å². The molecule has 1 amide bonds. The van der Waals surface area contributed by atoms with E-state index in [1.807, 2.05) is 31.2 Å². The first kappa shape index (κ1) is 21.8. The van der Waals surface area contributed by atoms with E-state index in [1.165, 1.54) is 23.4 Å². The van der Waals surface area contributed by atoms with Gasteiger partial charge in [0, 0.05) is 26.0 Å². The molecule has 1 aromatic carbocycles. The second-order valence-electron chi connectivity index (χ2n) is 6.55. The van der Waals surface area contributed by atoms with Gasteiger partial charge in [0.25, 0.3) is 5.91 Å². The van der Waals surface area contributed by atoms with E-state index in [2.05, 4.69) is 9.97 Å². The summed E-state index contributed by atoms with van der Waals surface area (Å²) >= 11 is 0. The van der Waals surface area contributed by atoms with Crippen LogP contribution in [0.4, 0.5) is 0 Å². The lowest BCUT2D eigenvalue weighted by atomic mass is 10.2. The molecule has 0 N–H and O–H groups in total. The first-order chi connectivity index (χ1) is 15.1. The van der Waals surface area contributed by atoms with Gasteiger partial charge in [-0.25, -0.2) is 9.78 Å². The van der Waals surface area contributed by atoms with E-state index in [4.69, 9.17) is 14.2 Å². The van der Waals surface area contributed by atoms with Gasteiger partial charge in [-0.15, -0.1) is 0 Å². The average Bonchev–Trinajstić information content (AvgIpc) is 2.79. The first-order valence-electron chi connectivity index (χ1n) is 9.72. The fourth-order valence-electron chi connectivity index (χ4n) is 2.68. The van der Waals surface area contributed by atoms with Crippen LogP contribution < -0.4 is 9.47 Å². The molecule has 0 radical (unpaired) electrons. The van der Waals surface area contributed by atoms with Crippen molar-refractivity contribution in [3.05, 3.63) is 78.2 Å². The molecule has 0 bridgehead atoms. The zero-order valence-corrected chi connectivity index (χ0v) is 17.4. The molecule has 0 aliphatic heterocycles. The number of carbonyl (C=O) groups is 2. The van der Waals surface area contributed by atoms with Crippen LogP contribution in [0.2, 0.25) is 0 Å². The molecule has 0 aliphatic carbocycles. The van der Waals surface area contributed by atoms with E-state index in [-0.39, 0.29) is 17.4 Å². The number of pyridine rings is 2. The lowest BCUT2D eigenvalue weighted by Crippen LogP contribution is -2.30. The maximum absolute atomic E-state index is 12.5. The molecule has 31 heavy (non-hydrogen) atoms. The number of carbonyl (C=O) groups excluding carboxylic acids is 2. The second kappa shape index (κ2) is 10.7. The standard InChI is InChI=1S/C23H23N3O5/c1-3-29-18-10-8-17(9-11-18)15-26(2)21(27)16-30-23(28)20-7-5-13-25-22(20)31-19-6-4-12-24-14-19/h4-14H,3,15-16H2,1-2H3. The van der Waals surface area contributed by atoms with Crippen LogP contribution >= 0.6 is 0 Å². The molecular formula is C23H23N3O5. The predicted octanol–water partition coefficient (Wildman–Crippen LogP) is 3.48. The fraction of sp³-hybridized carbons (Fsp3) is 0.217. The number of aromatic nitrogens is 2. The smallest absolute Gasteiger partial charge is 0.344 e. The Kier molecular flexibility index (Phi) is 7.53. The predicted molar refractivity (Wildman–Crippen MR) is 113 cm³/mol. The summed E-state index contributed by atoms with van der Waals surface area (Å²) in [5.74, 6) is 0.253. The van der Waals surface area contributed by atoms with Crippen molar-refractivity contribution in [2.75, 3.05) is 20.3 Å². The molecule has 160 valence electrons. The summed E-state index contributed by atoms with van der Waals surface area (Å²) in [5.41, 5.74) is 1.05. The number of nitrogens with zero attached hydrogens (tertiary/aromatic N) is 3. The molecular weight excluding hydrogens is 398 g/mol. The maximum atomic E-state index is 12.5. The molecule has 0 unspecified atom stereocenters. The summed E-state index contributed by atoms with van der Waals surface area (Å²) in [5, 5.41) is 0. The second-order valence-corrected chi connectivity index (χ2v) is 6.55. The van der Waals surface area contributed by atoms with Crippen molar-refractivity contribution in [2.45, 2.75) is 13.5 Å². The van der Waals surface area contributed by atoms with Crippen LogP contribution in [0, 0.1) is 0 Å². The Morgan fingerprint density at radius 3 is 2.48 bits per heavy atom. The molecule has 8 nitrogen and oxygen atoms in total.